The second-order valence-electron chi connectivity index (χ2n) is 4.71. The molecule has 112 valence electrons. The van der Waals surface area contributed by atoms with Gasteiger partial charge in [-0.2, -0.15) is 5.10 Å². The number of nitrogens with one attached hydrogen (secondary N) is 1. The molecule has 1 amide bonds. The fraction of sp³-hybridized carbons (Fsp3) is 0.385. The second-order valence-corrected chi connectivity index (χ2v) is 5.62. The van der Waals surface area contributed by atoms with Crippen LogP contribution in [0.15, 0.2) is 29.1 Å². The Bertz CT molecular complexity index is 595. The molecular formula is C13H17BrN6O. The predicted molar refractivity (Wildman–Crippen MR) is 83.2 cm³/mol. The summed E-state index contributed by atoms with van der Waals surface area (Å²) in [6.45, 7) is 0.697. The van der Waals surface area contributed by atoms with Crippen molar-refractivity contribution in [3.63, 3.8) is 0 Å². The van der Waals surface area contributed by atoms with Gasteiger partial charge in [-0.25, -0.2) is 9.97 Å². The first-order chi connectivity index (χ1) is 10.0. The topological polar surface area (TPSA) is 75.9 Å². The largest absolute Gasteiger partial charge is 0.349 e. The Kier molecular flexibility index (Phi) is 5.26. The quantitative estimate of drug-likeness (QED) is 0.860. The van der Waals surface area contributed by atoms with Gasteiger partial charge in [-0.15, -0.1) is 0 Å². The lowest BCUT2D eigenvalue weighted by Crippen LogP contribution is -2.21. The molecule has 2 aromatic heterocycles. The molecule has 2 aromatic rings. The summed E-state index contributed by atoms with van der Waals surface area (Å²) >= 11 is 3.28. The van der Waals surface area contributed by atoms with Gasteiger partial charge in [-0.05, 0) is 22.4 Å². The zero-order valence-electron chi connectivity index (χ0n) is 12.0. The van der Waals surface area contributed by atoms with Crippen molar-refractivity contribution in [2.75, 3.05) is 19.4 Å². The third kappa shape index (κ3) is 4.82. The maximum absolute atomic E-state index is 11.5. The van der Waals surface area contributed by atoms with Crippen LogP contribution in [0.25, 0.3) is 0 Å². The van der Waals surface area contributed by atoms with E-state index in [9.17, 15) is 4.79 Å². The van der Waals surface area contributed by atoms with Crippen molar-refractivity contribution in [2.24, 2.45) is 0 Å². The van der Waals surface area contributed by atoms with Crippen molar-refractivity contribution in [1.29, 1.82) is 0 Å². The molecule has 0 saturated heterocycles. The van der Waals surface area contributed by atoms with Gasteiger partial charge in [0.1, 0.15) is 0 Å². The van der Waals surface area contributed by atoms with Gasteiger partial charge < -0.3 is 10.2 Å². The molecule has 0 aliphatic heterocycles. The van der Waals surface area contributed by atoms with Crippen LogP contribution in [0.1, 0.15) is 12.8 Å². The molecule has 7 nitrogen and oxygen atoms in total. The Hall–Kier alpha value is -1.96. The minimum Gasteiger partial charge on any atom is -0.349 e. The standard InChI is InChI=1S/C13H17BrN6O/c1-19(2)12(21)4-3-6-20-7-5-11(18-20)17-13-15-8-10(14)9-16-13/h5,7-9H,3-4,6H2,1-2H3,(H,15,16,17,18). The Morgan fingerprint density at radius 1 is 1.38 bits per heavy atom. The number of hydrogen-bond donors (Lipinski definition) is 1. The Labute approximate surface area is 131 Å². The van der Waals surface area contributed by atoms with Crippen molar-refractivity contribution in [1.82, 2.24) is 24.6 Å². The van der Waals surface area contributed by atoms with Crippen LogP contribution in [0.3, 0.4) is 0 Å². The Balaban J connectivity index is 1.84. The number of hydrogen-bond acceptors (Lipinski definition) is 5. The highest BCUT2D eigenvalue weighted by atomic mass is 79.9. The van der Waals surface area contributed by atoms with Gasteiger partial charge in [0.05, 0.1) is 4.47 Å². The minimum atomic E-state index is 0.128. The highest BCUT2D eigenvalue weighted by molar-refractivity contribution is 9.10. The van der Waals surface area contributed by atoms with Crippen molar-refractivity contribution >= 4 is 33.6 Å². The summed E-state index contributed by atoms with van der Waals surface area (Å²) in [5.74, 6) is 1.30. The summed E-state index contributed by atoms with van der Waals surface area (Å²) in [5, 5.41) is 7.38. The first-order valence-corrected chi connectivity index (χ1v) is 7.32. The molecule has 0 bridgehead atoms. The maximum atomic E-state index is 11.5. The molecule has 0 radical (unpaired) electrons. The number of aromatic nitrogens is 4. The lowest BCUT2D eigenvalue weighted by atomic mass is 10.3. The van der Waals surface area contributed by atoms with Crippen molar-refractivity contribution in [2.45, 2.75) is 19.4 Å². The van der Waals surface area contributed by atoms with Crippen LogP contribution >= 0.6 is 15.9 Å². The van der Waals surface area contributed by atoms with Gasteiger partial charge in [0, 0.05) is 51.7 Å². The van der Waals surface area contributed by atoms with E-state index < -0.39 is 0 Å². The monoisotopic (exact) mass is 352 g/mol. The molecule has 0 aliphatic carbocycles. The van der Waals surface area contributed by atoms with Crippen LogP contribution in [0, 0.1) is 0 Å². The average molecular weight is 353 g/mol. The molecule has 2 rings (SSSR count). The molecule has 21 heavy (non-hydrogen) atoms. The fourth-order valence-electron chi connectivity index (χ4n) is 1.66. The number of aryl methyl sites for hydroxylation is 1. The first kappa shape index (κ1) is 15.4. The molecule has 0 spiro atoms. The molecule has 1 N–H and O–H groups in total. The highest BCUT2D eigenvalue weighted by Gasteiger charge is 2.05. The SMILES string of the molecule is CN(C)C(=O)CCCn1ccc(Nc2ncc(Br)cn2)n1. The Morgan fingerprint density at radius 3 is 2.76 bits per heavy atom. The number of carbonyl (C=O) groups excluding carboxylic acids is 1. The minimum absolute atomic E-state index is 0.128. The number of halogens is 1. The molecule has 8 heteroatoms. The normalized spacial score (nSPS) is 10.4. The van der Waals surface area contributed by atoms with Gasteiger partial charge in [-0.1, -0.05) is 0 Å². The number of nitrogens with zero attached hydrogens (tertiary/aromatic N) is 5. The summed E-state index contributed by atoms with van der Waals surface area (Å²) in [5.41, 5.74) is 0. The summed E-state index contributed by atoms with van der Waals surface area (Å²) in [6.07, 6.45) is 6.47. The van der Waals surface area contributed by atoms with E-state index in [0.29, 0.717) is 24.7 Å². The highest BCUT2D eigenvalue weighted by Crippen LogP contribution is 2.12. The van der Waals surface area contributed by atoms with Gasteiger partial charge in [0.25, 0.3) is 0 Å². The molecule has 0 unspecified atom stereocenters. The zero-order chi connectivity index (χ0) is 15.2. The molecular weight excluding hydrogens is 336 g/mol. The van der Waals surface area contributed by atoms with Crippen molar-refractivity contribution in [3.8, 4) is 0 Å². The lowest BCUT2D eigenvalue weighted by Gasteiger charge is -2.09. The number of carbonyl (C=O) groups is 1. The maximum Gasteiger partial charge on any atom is 0.228 e. The second kappa shape index (κ2) is 7.16. The number of amides is 1. The van der Waals surface area contributed by atoms with E-state index >= 15 is 0 Å². The molecule has 0 atom stereocenters. The average Bonchev–Trinajstić information content (AvgIpc) is 2.89. The van der Waals surface area contributed by atoms with E-state index in [1.807, 2.05) is 12.3 Å². The summed E-state index contributed by atoms with van der Waals surface area (Å²) in [4.78, 5) is 21.3. The van der Waals surface area contributed by atoms with E-state index in [1.165, 1.54) is 0 Å². The van der Waals surface area contributed by atoms with Gasteiger partial charge >= 0.3 is 0 Å². The fourth-order valence-corrected chi connectivity index (χ4v) is 1.86. The van der Waals surface area contributed by atoms with Crippen LogP contribution in [0.5, 0.6) is 0 Å². The zero-order valence-corrected chi connectivity index (χ0v) is 13.5. The van der Waals surface area contributed by atoms with Crippen molar-refractivity contribution in [3.05, 3.63) is 29.1 Å². The first-order valence-electron chi connectivity index (χ1n) is 6.53. The van der Waals surface area contributed by atoms with E-state index in [0.717, 1.165) is 10.9 Å². The number of rotatable bonds is 6. The molecule has 0 aliphatic rings. The van der Waals surface area contributed by atoms with E-state index in [1.54, 1.807) is 36.1 Å². The van der Waals surface area contributed by atoms with Gasteiger partial charge in [0.15, 0.2) is 5.82 Å². The summed E-state index contributed by atoms with van der Waals surface area (Å²) in [6, 6.07) is 1.85. The molecule has 2 heterocycles. The third-order valence-electron chi connectivity index (χ3n) is 2.78. The van der Waals surface area contributed by atoms with Crippen LogP contribution < -0.4 is 5.32 Å². The van der Waals surface area contributed by atoms with Crippen molar-refractivity contribution < 1.29 is 4.79 Å². The van der Waals surface area contributed by atoms with E-state index in [2.05, 4.69) is 36.3 Å². The summed E-state index contributed by atoms with van der Waals surface area (Å²) < 4.78 is 2.62. The van der Waals surface area contributed by atoms with E-state index in [-0.39, 0.29) is 5.91 Å². The summed E-state index contributed by atoms with van der Waals surface area (Å²) in [7, 11) is 3.52. The van der Waals surface area contributed by atoms with Crippen LogP contribution in [-0.2, 0) is 11.3 Å². The lowest BCUT2D eigenvalue weighted by molar-refractivity contribution is -0.128. The molecule has 0 fully saturated rings. The van der Waals surface area contributed by atoms with Gasteiger partial charge in [0.2, 0.25) is 11.9 Å². The van der Waals surface area contributed by atoms with Gasteiger partial charge in [-0.3, -0.25) is 9.48 Å². The van der Waals surface area contributed by atoms with Crippen LogP contribution in [0.2, 0.25) is 0 Å². The molecule has 0 aromatic carbocycles. The smallest absolute Gasteiger partial charge is 0.228 e. The number of anilines is 2. The molecule has 0 saturated carbocycles. The third-order valence-corrected chi connectivity index (χ3v) is 3.19. The Morgan fingerprint density at radius 2 is 2.10 bits per heavy atom. The van der Waals surface area contributed by atoms with Crippen LogP contribution in [0.4, 0.5) is 11.8 Å². The van der Waals surface area contributed by atoms with E-state index in [4.69, 9.17) is 0 Å². The van der Waals surface area contributed by atoms with Crippen LogP contribution in [-0.4, -0.2) is 44.7 Å². The predicted octanol–water partition coefficient (Wildman–Crippen LogP) is 2.05.